The number of benzene rings is 3. The molecule has 0 aliphatic carbocycles. The van der Waals surface area contributed by atoms with Crippen molar-refractivity contribution in [1.29, 1.82) is 0 Å². The van der Waals surface area contributed by atoms with E-state index in [0.29, 0.717) is 52.6 Å². The summed E-state index contributed by atoms with van der Waals surface area (Å²) in [6.07, 6.45) is 5.74. The van der Waals surface area contributed by atoms with Crippen molar-refractivity contribution in [2.45, 2.75) is 32.9 Å². The van der Waals surface area contributed by atoms with Gasteiger partial charge in [-0.15, -0.1) is 6.58 Å². The van der Waals surface area contributed by atoms with E-state index in [1.54, 1.807) is 12.1 Å². The van der Waals surface area contributed by atoms with E-state index in [0.717, 1.165) is 22.4 Å². The van der Waals surface area contributed by atoms with Crippen molar-refractivity contribution in [3.05, 3.63) is 131 Å². The zero-order valence-electron chi connectivity index (χ0n) is 25.2. The summed E-state index contributed by atoms with van der Waals surface area (Å²) in [5, 5.41) is 0. The first-order valence-electron chi connectivity index (χ1n) is 14.5. The summed E-state index contributed by atoms with van der Waals surface area (Å²) in [5.41, 5.74) is 3.51. The number of aromatic nitrogens is 1. The molecular weight excluding hydrogens is 703 g/mol. The highest BCUT2D eigenvalue weighted by Crippen LogP contribution is 2.35. The molecule has 8 nitrogen and oxygen atoms in total. The quantitative estimate of drug-likeness (QED) is 0.105. The van der Waals surface area contributed by atoms with E-state index in [1.165, 1.54) is 32.8 Å². The maximum Gasteiger partial charge on any atom is 0.337 e. The zero-order chi connectivity index (χ0) is 31.9. The Morgan fingerprint density at radius 3 is 2.44 bits per heavy atom. The number of fused-ring (bicyclic) bond motifs is 1. The lowest BCUT2D eigenvalue weighted by Crippen LogP contribution is -2.39. The SMILES string of the molecule is C=CCc1cc(/C=c2\sc3n(c2=O)[C@H](c2ccc(OCC)c(OCC)c2)C(C(=O)OC)=CN=3)ccc1OCc1ccc(I)cc1. The first-order valence-corrected chi connectivity index (χ1v) is 16.4. The third-order valence-corrected chi connectivity index (χ3v) is 8.78. The van der Waals surface area contributed by atoms with Crippen LogP contribution in [0.5, 0.6) is 17.2 Å². The number of hydrogen-bond donors (Lipinski definition) is 0. The number of thiazole rings is 1. The van der Waals surface area contributed by atoms with Crippen molar-refractivity contribution in [2.24, 2.45) is 4.99 Å². The van der Waals surface area contributed by atoms with Crippen molar-refractivity contribution in [3.63, 3.8) is 0 Å². The van der Waals surface area contributed by atoms with Crippen LogP contribution in [-0.4, -0.2) is 30.9 Å². The van der Waals surface area contributed by atoms with Gasteiger partial charge in [0.25, 0.3) is 5.56 Å². The molecule has 0 fully saturated rings. The van der Waals surface area contributed by atoms with Gasteiger partial charge in [0.2, 0.25) is 0 Å². The molecule has 45 heavy (non-hydrogen) atoms. The largest absolute Gasteiger partial charge is 0.490 e. The zero-order valence-corrected chi connectivity index (χ0v) is 28.2. The van der Waals surface area contributed by atoms with Crippen LogP contribution < -0.4 is 29.1 Å². The van der Waals surface area contributed by atoms with Gasteiger partial charge in [-0.05, 0) is 108 Å². The van der Waals surface area contributed by atoms with Gasteiger partial charge in [-0.1, -0.05) is 41.7 Å². The Balaban J connectivity index is 1.54. The Labute approximate surface area is 279 Å². The monoisotopic (exact) mass is 736 g/mol. The van der Waals surface area contributed by atoms with Crippen LogP contribution in [0.4, 0.5) is 0 Å². The number of halogens is 1. The number of carbonyl (C=O) groups excluding carboxylic acids is 1. The second-order valence-corrected chi connectivity index (χ2v) is 12.3. The fraction of sp³-hybridized carbons (Fsp3) is 0.229. The first kappa shape index (κ1) is 32.2. The van der Waals surface area contributed by atoms with Gasteiger partial charge in [-0.25, -0.2) is 9.79 Å². The molecule has 0 bridgehead atoms. The summed E-state index contributed by atoms with van der Waals surface area (Å²) in [7, 11) is 1.31. The van der Waals surface area contributed by atoms with E-state index in [2.05, 4.69) is 46.3 Å². The van der Waals surface area contributed by atoms with E-state index in [4.69, 9.17) is 18.9 Å². The van der Waals surface area contributed by atoms with Crippen LogP contribution >= 0.6 is 33.9 Å². The highest BCUT2D eigenvalue weighted by molar-refractivity contribution is 14.1. The number of allylic oxidation sites excluding steroid dienone is 1. The average Bonchev–Trinajstić information content (AvgIpc) is 3.36. The molecular formula is C35H33IN2O6S. The molecule has 1 aliphatic rings. The van der Waals surface area contributed by atoms with Gasteiger partial charge < -0.3 is 18.9 Å². The molecule has 4 aromatic rings. The van der Waals surface area contributed by atoms with E-state index in [-0.39, 0.29) is 11.1 Å². The Morgan fingerprint density at radius 1 is 1.00 bits per heavy atom. The molecule has 0 saturated heterocycles. The number of nitrogens with zero attached hydrogens (tertiary/aromatic N) is 2. The Kier molecular flexibility index (Phi) is 10.6. The van der Waals surface area contributed by atoms with E-state index in [1.807, 2.05) is 62.4 Å². The second kappa shape index (κ2) is 14.7. The average molecular weight is 737 g/mol. The van der Waals surface area contributed by atoms with Crippen molar-refractivity contribution in [2.75, 3.05) is 20.3 Å². The smallest absolute Gasteiger partial charge is 0.337 e. The molecule has 3 aromatic carbocycles. The molecule has 1 aromatic heterocycles. The maximum atomic E-state index is 14.0. The molecule has 0 saturated carbocycles. The summed E-state index contributed by atoms with van der Waals surface area (Å²) in [6, 6.07) is 18.7. The fourth-order valence-corrected chi connectivity index (χ4v) is 6.35. The summed E-state index contributed by atoms with van der Waals surface area (Å²) in [4.78, 5) is 31.8. The van der Waals surface area contributed by atoms with Gasteiger partial charge in [0.15, 0.2) is 16.3 Å². The predicted molar refractivity (Wildman–Crippen MR) is 184 cm³/mol. The molecule has 0 unspecified atom stereocenters. The van der Waals surface area contributed by atoms with Crippen molar-refractivity contribution < 1.29 is 23.7 Å². The Morgan fingerprint density at radius 2 is 1.73 bits per heavy atom. The van der Waals surface area contributed by atoms with Crippen LogP contribution in [-0.2, 0) is 22.6 Å². The van der Waals surface area contributed by atoms with Gasteiger partial charge in [-0.2, -0.15) is 0 Å². The molecule has 10 heteroatoms. The third-order valence-electron chi connectivity index (χ3n) is 7.06. The minimum Gasteiger partial charge on any atom is -0.490 e. The first-order chi connectivity index (χ1) is 21.9. The van der Waals surface area contributed by atoms with Crippen molar-refractivity contribution in [1.82, 2.24) is 4.57 Å². The van der Waals surface area contributed by atoms with Crippen LogP contribution in [0, 0.1) is 3.57 Å². The van der Waals surface area contributed by atoms with Gasteiger partial charge in [-0.3, -0.25) is 9.36 Å². The molecule has 232 valence electrons. The summed E-state index contributed by atoms with van der Waals surface area (Å²) < 4.78 is 26.0. The highest BCUT2D eigenvalue weighted by atomic mass is 127. The molecule has 1 aliphatic heterocycles. The number of ether oxygens (including phenoxy) is 4. The van der Waals surface area contributed by atoms with Crippen molar-refractivity contribution in [3.8, 4) is 17.2 Å². The Hall–Kier alpha value is -4.16. The lowest BCUT2D eigenvalue weighted by Gasteiger charge is -2.23. The molecule has 1 atom stereocenters. The van der Waals surface area contributed by atoms with Gasteiger partial charge >= 0.3 is 5.97 Å². The van der Waals surface area contributed by atoms with Gasteiger partial charge in [0.1, 0.15) is 12.4 Å². The second-order valence-electron chi connectivity index (χ2n) is 10.0. The summed E-state index contributed by atoms with van der Waals surface area (Å²) in [6.45, 7) is 9.02. The van der Waals surface area contributed by atoms with E-state index >= 15 is 0 Å². The minimum absolute atomic E-state index is 0.242. The van der Waals surface area contributed by atoms with Gasteiger partial charge in [0, 0.05) is 9.77 Å². The molecule has 0 N–H and O–H groups in total. The highest BCUT2D eigenvalue weighted by Gasteiger charge is 2.31. The van der Waals surface area contributed by atoms with Crippen LogP contribution in [0.3, 0.4) is 0 Å². The number of methoxy groups -OCH3 is 1. The fourth-order valence-electron chi connectivity index (χ4n) is 5.03. The minimum atomic E-state index is -0.765. The predicted octanol–water partition coefficient (Wildman–Crippen LogP) is 5.73. The maximum absolute atomic E-state index is 14.0. The van der Waals surface area contributed by atoms with E-state index < -0.39 is 12.0 Å². The summed E-state index contributed by atoms with van der Waals surface area (Å²) in [5.74, 6) is 1.30. The number of esters is 1. The summed E-state index contributed by atoms with van der Waals surface area (Å²) >= 11 is 3.54. The third kappa shape index (κ3) is 7.23. The number of rotatable bonds is 12. The lowest BCUT2D eigenvalue weighted by atomic mass is 9.97. The van der Waals surface area contributed by atoms with Crippen LogP contribution in [0.25, 0.3) is 6.08 Å². The topological polar surface area (TPSA) is 88.4 Å². The normalized spacial score (nSPS) is 14.2. The molecule has 0 radical (unpaired) electrons. The number of hydrogen-bond acceptors (Lipinski definition) is 8. The standard InChI is InChI=1S/C35H33IN2O6S/c1-5-8-24-17-23(11-15-28(24)44-21-22-9-13-26(36)14-10-22)18-31-33(39)38-32(27(34(40)41-4)20-37-35(38)45-31)25-12-16-29(42-6-2)30(19-25)43-7-3/h5,9-20,32H,1,6-8,21H2,2-4H3/b31-18-/t32-/m1/s1. The van der Waals surface area contributed by atoms with Crippen molar-refractivity contribution >= 4 is 46.0 Å². The van der Waals surface area contributed by atoms with Crippen LogP contribution in [0.2, 0.25) is 0 Å². The van der Waals surface area contributed by atoms with Gasteiger partial charge in [0.05, 0.1) is 36.5 Å². The Bertz CT molecular complexity index is 1930. The lowest BCUT2D eigenvalue weighted by molar-refractivity contribution is -0.136. The number of carbonyl (C=O) groups is 1. The van der Waals surface area contributed by atoms with E-state index in [9.17, 15) is 9.59 Å². The molecule has 0 amide bonds. The molecule has 5 rings (SSSR count). The van der Waals surface area contributed by atoms with Crippen LogP contribution in [0.15, 0.2) is 94.9 Å². The molecule has 2 heterocycles. The molecule has 0 spiro atoms. The van der Waals surface area contributed by atoms with Crippen LogP contribution in [0.1, 0.15) is 42.1 Å².